The molecule has 0 unspecified atom stereocenters. The fourth-order valence-electron chi connectivity index (χ4n) is 2.93. The molecule has 0 saturated carbocycles. The van der Waals surface area contributed by atoms with Gasteiger partial charge in [0.15, 0.2) is 0 Å². The first-order chi connectivity index (χ1) is 13.2. The van der Waals surface area contributed by atoms with Crippen LogP contribution in [0.25, 0.3) is 11.0 Å². The Morgan fingerprint density at radius 2 is 1.89 bits per heavy atom. The second-order valence-electron chi connectivity index (χ2n) is 7.47. The lowest BCUT2D eigenvalue weighted by atomic mass is 9.89. The normalized spacial score (nSPS) is 11.6. The quantitative estimate of drug-likeness (QED) is 0.347. The highest BCUT2D eigenvalue weighted by molar-refractivity contribution is 9.10. The summed E-state index contributed by atoms with van der Waals surface area (Å²) in [7, 11) is 0. The molecule has 0 fully saturated rings. The van der Waals surface area contributed by atoms with Gasteiger partial charge in [0.25, 0.3) is 0 Å². The van der Waals surface area contributed by atoms with Crippen molar-refractivity contribution in [2.24, 2.45) is 0 Å². The van der Waals surface area contributed by atoms with Crippen molar-refractivity contribution in [2.45, 2.75) is 39.7 Å². The predicted molar refractivity (Wildman–Crippen MR) is 117 cm³/mol. The Hall–Kier alpha value is -1.79. The van der Waals surface area contributed by atoms with Gasteiger partial charge in [-0.1, -0.05) is 48.8 Å². The van der Waals surface area contributed by atoms with E-state index >= 15 is 0 Å². The summed E-state index contributed by atoms with van der Waals surface area (Å²) in [6.07, 6.45) is 0. The largest absolute Gasteiger partial charge is 0.488 e. The summed E-state index contributed by atoms with van der Waals surface area (Å²) in [5, 5.41) is 0.691. The Balaban J connectivity index is 2.04. The van der Waals surface area contributed by atoms with Crippen molar-refractivity contribution in [2.75, 3.05) is 6.61 Å². The zero-order valence-electron chi connectivity index (χ0n) is 16.3. The monoisotopic (exact) mass is 508 g/mol. The van der Waals surface area contributed by atoms with Gasteiger partial charge < -0.3 is 13.9 Å². The topological polar surface area (TPSA) is 48.7 Å². The van der Waals surface area contributed by atoms with Crippen molar-refractivity contribution in [1.29, 1.82) is 0 Å². The van der Waals surface area contributed by atoms with Gasteiger partial charge >= 0.3 is 5.97 Å². The summed E-state index contributed by atoms with van der Waals surface area (Å²) in [6.45, 7) is 8.52. The number of hydrogen-bond donors (Lipinski definition) is 0. The molecule has 2 aromatic carbocycles. The van der Waals surface area contributed by atoms with Crippen molar-refractivity contribution in [3.8, 4) is 5.75 Å². The fraction of sp³-hybridized carbons (Fsp3) is 0.318. The molecule has 0 bridgehead atoms. The van der Waals surface area contributed by atoms with Crippen LogP contribution in [0.5, 0.6) is 5.75 Å². The smallest absolute Gasteiger partial charge is 0.342 e. The van der Waals surface area contributed by atoms with Crippen LogP contribution >= 0.6 is 31.9 Å². The maximum atomic E-state index is 12.7. The predicted octanol–water partition coefficient (Wildman–Crippen LogP) is 7.01. The Labute approximate surface area is 181 Å². The van der Waals surface area contributed by atoms with Gasteiger partial charge in [-0.05, 0) is 52.7 Å². The lowest BCUT2D eigenvalue weighted by Crippen LogP contribution is -2.16. The Kier molecular flexibility index (Phi) is 6.20. The van der Waals surface area contributed by atoms with Gasteiger partial charge in [0.05, 0.1) is 11.1 Å². The molecule has 0 atom stereocenters. The van der Waals surface area contributed by atoms with E-state index < -0.39 is 0 Å². The van der Waals surface area contributed by atoms with Crippen molar-refractivity contribution in [3.63, 3.8) is 0 Å². The third kappa shape index (κ3) is 4.44. The minimum atomic E-state index is -0.383. The minimum absolute atomic E-state index is 0.303. The zero-order valence-corrected chi connectivity index (χ0v) is 19.4. The molecule has 0 amide bonds. The fourth-order valence-corrected chi connectivity index (χ4v) is 3.81. The number of carbonyl (C=O) groups excluding carboxylic acids is 1. The van der Waals surface area contributed by atoms with Crippen molar-refractivity contribution >= 4 is 48.8 Å². The summed E-state index contributed by atoms with van der Waals surface area (Å²) in [4.78, 5) is 12.7. The van der Waals surface area contributed by atoms with E-state index in [2.05, 4.69) is 31.9 Å². The molecule has 1 heterocycles. The number of ether oxygens (including phenoxy) is 2. The Morgan fingerprint density at radius 1 is 1.14 bits per heavy atom. The number of furan rings is 1. The van der Waals surface area contributed by atoms with E-state index in [1.54, 1.807) is 6.92 Å². The highest BCUT2D eigenvalue weighted by Gasteiger charge is 2.30. The van der Waals surface area contributed by atoms with Gasteiger partial charge in [-0.3, -0.25) is 0 Å². The van der Waals surface area contributed by atoms with Crippen LogP contribution in [0.2, 0.25) is 0 Å². The molecule has 1 aromatic heterocycles. The summed E-state index contributed by atoms with van der Waals surface area (Å²) in [6, 6.07) is 11.6. The van der Waals surface area contributed by atoms with Crippen LogP contribution in [-0.4, -0.2) is 12.6 Å². The molecule has 148 valence electrons. The summed E-state index contributed by atoms with van der Waals surface area (Å²) in [5.41, 5.74) is 1.78. The van der Waals surface area contributed by atoms with Crippen LogP contribution in [0.4, 0.5) is 0 Å². The van der Waals surface area contributed by atoms with E-state index in [1.807, 2.05) is 57.2 Å². The molecule has 3 rings (SSSR count). The average Bonchev–Trinajstić information content (AvgIpc) is 2.98. The number of rotatable bonds is 5. The molecule has 0 radical (unpaired) electrons. The Morgan fingerprint density at radius 3 is 2.54 bits per heavy atom. The van der Waals surface area contributed by atoms with Gasteiger partial charge in [-0.25, -0.2) is 4.79 Å². The molecule has 4 nitrogen and oxygen atoms in total. The summed E-state index contributed by atoms with van der Waals surface area (Å²) < 4.78 is 19.1. The van der Waals surface area contributed by atoms with Crippen molar-refractivity contribution in [1.82, 2.24) is 0 Å². The van der Waals surface area contributed by atoms with Crippen LogP contribution in [0.1, 0.15) is 49.4 Å². The molecule has 6 heteroatoms. The highest BCUT2D eigenvalue weighted by atomic mass is 79.9. The number of fused-ring (bicyclic) bond motifs is 1. The van der Waals surface area contributed by atoms with Crippen LogP contribution < -0.4 is 4.74 Å². The summed E-state index contributed by atoms with van der Waals surface area (Å²) in [5.74, 6) is 0.864. The third-order valence-corrected chi connectivity index (χ3v) is 5.30. The van der Waals surface area contributed by atoms with E-state index in [1.165, 1.54) is 0 Å². The SMILES string of the molecule is CCOC(=O)c1c(C(C)(C)C)oc2cc(Br)c(OCc3cccc(Br)c3)cc12. The average molecular weight is 510 g/mol. The van der Waals surface area contributed by atoms with Crippen LogP contribution in [0.3, 0.4) is 0 Å². The van der Waals surface area contributed by atoms with Crippen LogP contribution in [-0.2, 0) is 16.8 Å². The van der Waals surface area contributed by atoms with Gasteiger partial charge in [0.2, 0.25) is 0 Å². The van der Waals surface area contributed by atoms with E-state index in [4.69, 9.17) is 13.9 Å². The van der Waals surface area contributed by atoms with Crippen LogP contribution in [0.15, 0.2) is 49.8 Å². The zero-order chi connectivity index (χ0) is 20.5. The Bertz CT molecular complexity index is 1020. The van der Waals surface area contributed by atoms with Crippen molar-refractivity contribution < 1.29 is 18.7 Å². The number of carbonyl (C=O) groups is 1. The number of hydrogen-bond acceptors (Lipinski definition) is 4. The van der Waals surface area contributed by atoms with E-state index in [0.29, 0.717) is 41.3 Å². The molecular weight excluding hydrogens is 488 g/mol. The molecule has 0 spiro atoms. The van der Waals surface area contributed by atoms with Gasteiger partial charge in [-0.15, -0.1) is 0 Å². The molecular formula is C22H22Br2O4. The molecule has 28 heavy (non-hydrogen) atoms. The van der Waals surface area contributed by atoms with Gasteiger partial charge in [0.1, 0.15) is 29.3 Å². The minimum Gasteiger partial charge on any atom is -0.488 e. The highest BCUT2D eigenvalue weighted by Crippen LogP contribution is 2.39. The number of benzene rings is 2. The molecule has 0 N–H and O–H groups in total. The first-order valence-corrected chi connectivity index (χ1v) is 10.6. The molecule has 0 aliphatic heterocycles. The molecule has 0 aliphatic carbocycles. The van der Waals surface area contributed by atoms with E-state index in [0.717, 1.165) is 14.5 Å². The van der Waals surface area contributed by atoms with E-state index in [9.17, 15) is 4.79 Å². The molecule has 0 saturated heterocycles. The van der Waals surface area contributed by atoms with Crippen LogP contribution in [0, 0.1) is 0 Å². The lowest BCUT2D eigenvalue weighted by molar-refractivity contribution is 0.0523. The lowest BCUT2D eigenvalue weighted by Gasteiger charge is -2.16. The first kappa shape index (κ1) is 20.9. The van der Waals surface area contributed by atoms with Gasteiger partial charge in [-0.2, -0.15) is 0 Å². The van der Waals surface area contributed by atoms with Crippen molar-refractivity contribution in [3.05, 3.63) is 62.2 Å². The standard InChI is InChI=1S/C22H22Br2O4/c1-5-26-21(25)19-15-10-18(27-12-13-7-6-8-14(23)9-13)16(24)11-17(15)28-20(19)22(2,3)4/h6-11H,5,12H2,1-4H3. The third-order valence-electron chi connectivity index (χ3n) is 4.19. The molecule has 0 aliphatic rings. The summed E-state index contributed by atoms with van der Waals surface area (Å²) >= 11 is 7.02. The maximum Gasteiger partial charge on any atom is 0.342 e. The number of halogens is 2. The van der Waals surface area contributed by atoms with Gasteiger partial charge in [0, 0.05) is 15.3 Å². The first-order valence-electron chi connectivity index (χ1n) is 9.01. The second kappa shape index (κ2) is 8.29. The number of esters is 1. The second-order valence-corrected chi connectivity index (χ2v) is 9.24. The molecule has 3 aromatic rings. The maximum absolute atomic E-state index is 12.7. The van der Waals surface area contributed by atoms with E-state index in [-0.39, 0.29) is 11.4 Å².